The Morgan fingerprint density at radius 1 is 1.38 bits per heavy atom. The van der Waals surface area contributed by atoms with Crippen molar-refractivity contribution in [2.45, 2.75) is 19.9 Å². The maximum absolute atomic E-state index is 13.5. The van der Waals surface area contributed by atoms with Gasteiger partial charge in [0.15, 0.2) is 0 Å². The molecule has 3 nitrogen and oxygen atoms in total. The van der Waals surface area contributed by atoms with Crippen molar-refractivity contribution in [3.8, 4) is 0 Å². The summed E-state index contributed by atoms with van der Waals surface area (Å²) in [5, 5.41) is 3.09. The Bertz CT molecular complexity index is 642. The van der Waals surface area contributed by atoms with Gasteiger partial charge in [0.2, 0.25) is 0 Å². The summed E-state index contributed by atoms with van der Waals surface area (Å²) in [6.45, 7) is 3.75. The molecule has 1 aromatic carbocycles. The molecule has 1 aliphatic heterocycles. The van der Waals surface area contributed by atoms with E-state index in [1.807, 2.05) is 13.1 Å². The van der Waals surface area contributed by atoms with Gasteiger partial charge >= 0.3 is 0 Å². The topological polar surface area (TPSA) is 28.2 Å². The summed E-state index contributed by atoms with van der Waals surface area (Å²) >= 11 is 0. The molecule has 1 aromatic heterocycles. The van der Waals surface area contributed by atoms with Gasteiger partial charge in [0.1, 0.15) is 11.6 Å². The number of aromatic nitrogens is 1. The zero-order valence-electron chi connectivity index (χ0n) is 12.4. The summed E-state index contributed by atoms with van der Waals surface area (Å²) in [7, 11) is 1.86. The number of pyridine rings is 1. The minimum atomic E-state index is -0.289. The molecule has 4 heteroatoms. The Labute approximate surface area is 124 Å². The molecule has 1 N–H and O–H groups in total. The third kappa shape index (κ3) is 2.76. The fraction of sp³-hybridized carbons (Fsp3) is 0.353. The van der Waals surface area contributed by atoms with E-state index >= 15 is 0 Å². The van der Waals surface area contributed by atoms with Crippen LogP contribution in [0.2, 0.25) is 0 Å². The van der Waals surface area contributed by atoms with E-state index in [-0.39, 0.29) is 5.82 Å². The van der Waals surface area contributed by atoms with E-state index in [4.69, 9.17) is 0 Å². The van der Waals surface area contributed by atoms with Crippen LogP contribution in [0.15, 0.2) is 36.5 Å². The summed E-state index contributed by atoms with van der Waals surface area (Å²) in [5.41, 5.74) is 3.41. The SMILES string of the molecule is CNCc1cc(F)cnc1N1CC(C)Cc2ccccc21. The van der Waals surface area contributed by atoms with Gasteiger partial charge < -0.3 is 10.2 Å². The quantitative estimate of drug-likeness (QED) is 0.938. The maximum Gasteiger partial charge on any atom is 0.141 e. The van der Waals surface area contributed by atoms with Gasteiger partial charge in [0, 0.05) is 24.3 Å². The molecule has 1 aliphatic rings. The van der Waals surface area contributed by atoms with Crippen molar-refractivity contribution in [2.24, 2.45) is 5.92 Å². The zero-order chi connectivity index (χ0) is 14.8. The van der Waals surface area contributed by atoms with Gasteiger partial charge in [-0.1, -0.05) is 25.1 Å². The molecule has 0 saturated carbocycles. The Kier molecular flexibility index (Phi) is 3.88. The van der Waals surface area contributed by atoms with Crippen LogP contribution in [0.4, 0.5) is 15.9 Å². The first kappa shape index (κ1) is 14.0. The summed E-state index contributed by atoms with van der Waals surface area (Å²) in [6.07, 6.45) is 2.38. The van der Waals surface area contributed by atoms with E-state index in [0.717, 1.165) is 24.3 Å². The minimum absolute atomic E-state index is 0.289. The third-order valence-corrected chi connectivity index (χ3v) is 3.88. The van der Waals surface area contributed by atoms with E-state index in [9.17, 15) is 4.39 Å². The Morgan fingerprint density at radius 3 is 3.00 bits per heavy atom. The van der Waals surface area contributed by atoms with Gasteiger partial charge in [0.05, 0.1) is 6.20 Å². The van der Waals surface area contributed by atoms with Crippen LogP contribution >= 0.6 is 0 Å². The van der Waals surface area contributed by atoms with Crippen molar-refractivity contribution < 1.29 is 4.39 Å². The fourth-order valence-corrected chi connectivity index (χ4v) is 3.03. The van der Waals surface area contributed by atoms with Crippen LogP contribution in [0, 0.1) is 11.7 Å². The van der Waals surface area contributed by atoms with Crippen LogP contribution < -0.4 is 10.2 Å². The zero-order valence-corrected chi connectivity index (χ0v) is 12.4. The molecule has 3 rings (SSSR count). The predicted octanol–water partition coefficient (Wildman–Crippen LogP) is 3.27. The largest absolute Gasteiger partial charge is 0.326 e. The lowest BCUT2D eigenvalue weighted by atomic mass is 9.93. The molecule has 0 amide bonds. The van der Waals surface area contributed by atoms with Gasteiger partial charge in [0.25, 0.3) is 0 Å². The lowest BCUT2D eigenvalue weighted by Crippen LogP contribution is -2.32. The van der Waals surface area contributed by atoms with Gasteiger partial charge in [-0.15, -0.1) is 0 Å². The van der Waals surface area contributed by atoms with Gasteiger partial charge in [-0.05, 0) is 37.1 Å². The first-order valence-electron chi connectivity index (χ1n) is 7.33. The van der Waals surface area contributed by atoms with Crippen molar-refractivity contribution in [1.29, 1.82) is 0 Å². The molecular weight excluding hydrogens is 265 g/mol. The van der Waals surface area contributed by atoms with Crippen molar-refractivity contribution in [3.63, 3.8) is 0 Å². The van der Waals surface area contributed by atoms with E-state index in [0.29, 0.717) is 12.5 Å². The number of anilines is 2. The minimum Gasteiger partial charge on any atom is -0.326 e. The van der Waals surface area contributed by atoms with Crippen molar-refractivity contribution in [2.75, 3.05) is 18.5 Å². The van der Waals surface area contributed by atoms with Crippen molar-refractivity contribution >= 4 is 11.5 Å². The molecule has 2 heterocycles. The Morgan fingerprint density at radius 2 is 2.19 bits per heavy atom. The van der Waals surface area contributed by atoms with Crippen molar-refractivity contribution in [1.82, 2.24) is 10.3 Å². The number of hydrogen-bond donors (Lipinski definition) is 1. The molecule has 0 saturated heterocycles. The normalized spacial score (nSPS) is 17.7. The smallest absolute Gasteiger partial charge is 0.141 e. The molecule has 2 aromatic rings. The molecule has 0 spiro atoms. The lowest BCUT2D eigenvalue weighted by Gasteiger charge is -2.35. The molecule has 110 valence electrons. The van der Waals surface area contributed by atoms with Gasteiger partial charge in [-0.2, -0.15) is 0 Å². The summed E-state index contributed by atoms with van der Waals surface area (Å²) < 4.78 is 13.5. The highest BCUT2D eigenvalue weighted by molar-refractivity contribution is 5.67. The van der Waals surface area contributed by atoms with Crippen LogP contribution in [0.1, 0.15) is 18.1 Å². The fourth-order valence-electron chi connectivity index (χ4n) is 3.03. The Hall–Kier alpha value is -1.94. The van der Waals surface area contributed by atoms with E-state index in [1.54, 1.807) is 6.07 Å². The predicted molar refractivity (Wildman–Crippen MR) is 83.3 cm³/mol. The molecule has 1 atom stereocenters. The van der Waals surface area contributed by atoms with Crippen LogP contribution in [-0.4, -0.2) is 18.6 Å². The average molecular weight is 285 g/mol. The monoisotopic (exact) mass is 285 g/mol. The average Bonchev–Trinajstić information content (AvgIpc) is 2.47. The highest BCUT2D eigenvalue weighted by atomic mass is 19.1. The number of halogens is 1. The second-order valence-corrected chi connectivity index (χ2v) is 5.72. The second kappa shape index (κ2) is 5.82. The van der Waals surface area contributed by atoms with Crippen LogP contribution in [0.3, 0.4) is 0 Å². The summed E-state index contributed by atoms with van der Waals surface area (Å²) in [6, 6.07) is 9.97. The van der Waals surface area contributed by atoms with Crippen LogP contribution in [0.25, 0.3) is 0 Å². The van der Waals surface area contributed by atoms with Crippen LogP contribution in [-0.2, 0) is 13.0 Å². The number of hydrogen-bond acceptors (Lipinski definition) is 3. The first-order valence-corrected chi connectivity index (χ1v) is 7.33. The molecule has 1 unspecified atom stereocenters. The van der Waals surface area contributed by atoms with E-state index < -0.39 is 0 Å². The molecular formula is C17H20FN3. The van der Waals surface area contributed by atoms with Crippen molar-refractivity contribution in [3.05, 3.63) is 53.5 Å². The summed E-state index contributed by atoms with van der Waals surface area (Å²) in [4.78, 5) is 6.58. The standard InChI is InChI=1S/C17H20FN3/c1-12-7-13-5-3-4-6-16(13)21(11-12)17-14(9-19-2)8-15(18)10-20-17/h3-6,8,10,12,19H,7,9,11H2,1-2H3. The maximum atomic E-state index is 13.5. The lowest BCUT2D eigenvalue weighted by molar-refractivity contribution is 0.556. The van der Waals surface area contributed by atoms with E-state index in [1.165, 1.54) is 17.4 Å². The van der Waals surface area contributed by atoms with Gasteiger partial charge in [-0.3, -0.25) is 0 Å². The molecule has 21 heavy (non-hydrogen) atoms. The highest BCUT2D eigenvalue weighted by Crippen LogP contribution is 2.35. The molecule has 0 radical (unpaired) electrons. The third-order valence-electron chi connectivity index (χ3n) is 3.88. The number of rotatable bonds is 3. The number of para-hydroxylation sites is 1. The number of benzene rings is 1. The molecule has 0 fully saturated rings. The van der Waals surface area contributed by atoms with Crippen LogP contribution in [0.5, 0.6) is 0 Å². The number of fused-ring (bicyclic) bond motifs is 1. The molecule has 0 aliphatic carbocycles. The van der Waals surface area contributed by atoms with E-state index in [2.05, 4.69) is 40.3 Å². The number of nitrogens with zero attached hydrogens (tertiary/aromatic N) is 2. The summed E-state index contributed by atoms with van der Waals surface area (Å²) in [5.74, 6) is 1.11. The van der Waals surface area contributed by atoms with Gasteiger partial charge in [-0.25, -0.2) is 9.37 Å². The Balaban J connectivity index is 2.08. The first-order chi connectivity index (χ1) is 10.2. The molecule has 0 bridgehead atoms. The highest BCUT2D eigenvalue weighted by Gasteiger charge is 2.25. The number of nitrogens with one attached hydrogen (secondary N) is 1. The second-order valence-electron chi connectivity index (χ2n) is 5.72.